The minimum atomic E-state index is -1.86. The van der Waals surface area contributed by atoms with Gasteiger partial charge in [0.15, 0.2) is 0 Å². The summed E-state index contributed by atoms with van der Waals surface area (Å²) in [7, 11) is -1.86. The van der Waals surface area contributed by atoms with Gasteiger partial charge in [0.1, 0.15) is 0 Å². The van der Waals surface area contributed by atoms with Gasteiger partial charge in [-0.3, -0.25) is 0 Å². The average Bonchev–Trinajstić information content (AvgIpc) is 2.16. The lowest BCUT2D eigenvalue weighted by molar-refractivity contribution is 0.424. The molecule has 1 aromatic rings. The molecule has 0 aliphatic rings. The molecule has 0 radical (unpaired) electrons. The summed E-state index contributed by atoms with van der Waals surface area (Å²) < 4.78 is 28.6. The van der Waals surface area contributed by atoms with Gasteiger partial charge in [-0.25, -0.2) is 4.98 Å². The number of halogens is 1. The highest BCUT2D eigenvalue weighted by atomic mass is 19.1. The molecule has 0 bridgehead atoms. The quantitative estimate of drug-likeness (QED) is 0.536. The fourth-order valence-corrected chi connectivity index (χ4v) is 1.08. The first-order chi connectivity index (χ1) is 7.26. The molecule has 0 amide bonds. The molecule has 0 saturated carbocycles. The molecular weight excluding hydrogens is 184 g/mol. The van der Waals surface area contributed by atoms with Crippen LogP contribution in [-0.4, -0.2) is 22.2 Å². The first-order valence-electron chi connectivity index (χ1n) is 5.29. The lowest BCUT2D eigenvalue weighted by Crippen LogP contribution is -2.34. The monoisotopic (exact) mass is 199 g/mol. The van der Waals surface area contributed by atoms with Crippen LogP contribution in [0.4, 0.5) is 4.39 Å². The van der Waals surface area contributed by atoms with Crippen molar-refractivity contribution in [1.82, 2.24) is 4.98 Å². The van der Waals surface area contributed by atoms with Gasteiger partial charge in [0.2, 0.25) is 5.95 Å². The van der Waals surface area contributed by atoms with Crippen LogP contribution in [0, 0.1) is 11.9 Å². The van der Waals surface area contributed by atoms with Crippen LogP contribution in [0.15, 0.2) is 12.3 Å². The minimum Gasteiger partial charge on any atom is -0.423 e. The van der Waals surface area contributed by atoms with Crippen LogP contribution in [0.1, 0.15) is 22.2 Å². The van der Waals surface area contributed by atoms with Gasteiger partial charge in [-0.15, -0.1) is 0 Å². The molecule has 0 aliphatic heterocycles. The smallest absolute Gasteiger partial charge is 0.423 e. The SMILES string of the molecule is [2H]C([2H])(c1cc(F)ncc1B(O)O)C(C)C. The van der Waals surface area contributed by atoms with Crippen molar-refractivity contribution in [3.05, 3.63) is 23.8 Å². The normalized spacial score (nSPS) is 13.9. The maximum atomic E-state index is 13.0. The van der Waals surface area contributed by atoms with Crippen molar-refractivity contribution in [1.29, 1.82) is 0 Å². The van der Waals surface area contributed by atoms with Crippen molar-refractivity contribution >= 4 is 12.6 Å². The Morgan fingerprint density at radius 3 is 2.79 bits per heavy atom. The molecule has 1 aromatic heterocycles. The summed E-state index contributed by atoms with van der Waals surface area (Å²) in [6, 6.07) is 0.898. The summed E-state index contributed by atoms with van der Waals surface area (Å²) in [5.41, 5.74) is -0.190. The van der Waals surface area contributed by atoms with Gasteiger partial charge in [0, 0.05) is 14.4 Å². The van der Waals surface area contributed by atoms with E-state index in [9.17, 15) is 4.39 Å². The Bertz CT molecular complexity index is 388. The Morgan fingerprint density at radius 1 is 1.64 bits per heavy atom. The number of rotatable bonds is 3. The lowest BCUT2D eigenvalue weighted by Gasteiger charge is -2.10. The Kier molecular flexibility index (Phi) is 2.71. The van der Waals surface area contributed by atoms with E-state index in [0.717, 1.165) is 12.3 Å². The van der Waals surface area contributed by atoms with Gasteiger partial charge in [-0.2, -0.15) is 4.39 Å². The molecule has 0 unspecified atom stereocenters. The predicted molar refractivity (Wildman–Crippen MR) is 52.6 cm³/mol. The second-order valence-corrected chi connectivity index (χ2v) is 3.27. The third-order valence-corrected chi connectivity index (χ3v) is 1.62. The molecule has 0 fully saturated rings. The van der Waals surface area contributed by atoms with Gasteiger partial charge in [0.05, 0.1) is 0 Å². The summed E-state index contributed by atoms with van der Waals surface area (Å²) in [6.07, 6.45) is -0.904. The number of aromatic nitrogens is 1. The number of hydrogen-bond donors (Lipinski definition) is 2. The van der Waals surface area contributed by atoms with E-state index in [0.29, 0.717) is 0 Å². The zero-order valence-electron chi connectivity index (χ0n) is 10.0. The van der Waals surface area contributed by atoms with E-state index in [2.05, 4.69) is 4.98 Å². The third kappa shape index (κ3) is 2.78. The largest absolute Gasteiger partial charge is 0.490 e. The van der Waals surface area contributed by atoms with Gasteiger partial charge >= 0.3 is 7.12 Å². The van der Waals surface area contributed by atoms with Crippen molar-refractivity contribution < 1.29 is 17.2 Å². The third-order valence-electron chi connectivity index (χ3n) is 1.62. The lowest BCUT2D eigenvalue weighted by atomic mass is 9.76. The van der Waals surface area contributed by atoms with Gasteiger partial charge in [-0.05, 0) is 23.9 Å². The number of nitrogens with zero attached hydrogens (tertiary/aromatic N) is 1. The van der Waals surface area contributed by atoms with E-state index < -0.39 is 25.4 Å². The Hall–Kier alpha value is -0.935. The standard InChI is InChI=1S/C9H13BFNO2/c1-6(2)3-7-4-9(11)12-5-8(7)10(13)14/h4-6,13-14H,3H2,1-2H3/i3D2. The molecule has 14 heavy (non-hydrogen) atoms. The van der Waals surface area contributed by atoms with Gasteiger partial charge in [-0.1, -0.05) is 13.8 Å². The van der Waals surface area contributed by atoms with Crippen LogP contribution in [0.25, 0.3) is 0 Å². The second kappa shape index (κ2) is 4.53. The summed E-state index contributed by atoms with van der Waals surface area (Å²) in [5.74, 6) is -1.27. The summed E-state index contributed by atoms with van der Waals surface area (Å²) in [5, 5.41) is 18.1. The molecular formula is C9H13BFNO2. The molecule has 0 atom stereocenters. The number of hydrogen-bond acceptors (Lipinski definition) is 3. The maximum Gasteiger partial charge on any atom is 0.490 e. The molecule has 1 rings (SSSR count). The highest BCUT2D eigenvalue weighted by molar-refractivity contribution is 6.59. The molecule has 5 heteroatoms. The van der Waals surface area contributed by atoms with E-state index in [4.69, 9.17) is 12.8 Å². The van der Waals surface area contributed by atoms with Crippen LogP contribution in [0.2, 0.25) is 0 Å². The average molecular weight is 199 g/mol. The molecule has 3 nitrogen and oxygen atoms in total. The Labute approximate surface area is 85.6 Å². The van der Waals surface area contributed by atoms with Crippen molar-refractivity contribution in [3.63, 3.8) is 0 Å². The van der Waals surface area contributed by atoms with Crippen LogP contribution in [0.5, 0.6) is 0 Å². The molecule has 1 heterocycles. The fraction of sp³-hybridized carbons (Fsp3) is 0.444. The minimum absolute atomic E-state index is 0.0787. The molecule has 0 spiro atoms. The van der Waals surface area contributed by atoms with Crippen molar-refractivity contribution in [3.8, 4) is 0 Å². The summed E-state index contributed by atoms with van der Waals surface area (Å²) >= 11 is 0. The fourth-order valence-electron chi connectivity index (χ4n) is 1.08. The van der Waals surface area contributed by atoms with Gasteiger partial charge < -0.3 is 10.0 Å². The first-order valence-corrected chi connectivity index (χ1v) is 4.29. The molecule has 2 N–H and O–H groups in total. The van der Waals surface area contributed by atoms with Crippen molar-refractivity contribution in [2.75, 3.05) is 0 Å². The zero-order valence-corrected chi connectivity index (χ0v) is 8.03. The van der Waals surface area contributed by atoms with Gasteiger partial charge in [0.25, 0.3) is 0 Å². The predicted octanol–water partition coefficient (Wildman–Crippen LogP) is 0.0990. The number of pyridine rings is 1. The van der Waals surface area contributed by atoms with E-state index >= 15 is 0 Å². The van der Waals surface area contributed by atoms with Crippen LogP contribution < -0.4 is 5.46 Å². The molecule has 76 valence electrons. The summed E-state index contributed by atoms with van der Waals surface area (Å²) in [4.78, 5) is 3.28. The van der Waals surface area contributed by atoms with Crippen molar-refractivity contribution in [2.24, 2.45) is 5.92 Å². The Morgan fingerprint density at radius 2 is 2.29 bits per heavy atom. The van der Waals surface area contributed by atoms with Crippen LogP contribution in [0.3, 0.4) is 0 Å². The van der Waals surface area contributed by atoms with E-state index in [1.54, 1.807) is 13.8 Å². The highest BCUT2D eigenvalue weighted by Gasteiger charge is 2.17. The van der Waals surface area contributed by atoms with Crippen LogP contribution in [-0.2, 0) is 6.37 Å². The zero-order chi connectivity index (χ0) is 12.5. The van der Waals surface area contributed by atoms with E-state index in [1.165, 1.54) is 0 Å². The second-order valence-electron chi connectivity index (χ2n) is 3.27. The van der Waals surface area contributed by atoms with Crippen molar-refractivity contribution in [2.45, 2.75) is 20.2 Å². The molecule has 0 aliphatic carbocycles. The molecule has 0 aromatic carbocycles. The first kappa shape index (κ1) is 8.38. The van der Waals surface area contributed by atoms with Crippen LogP contribution >= 0.6 is 0 Å². The topological polar surface area (TPSA) is 53.4 Å². The Balaban J connectivity index is 3.35. The van der Waals surface area contributed by atoms with E-state index in [-0.39, 0.29) is 11.0 Å². The van der Waals surface area contributed by atoms with E-state index in [1.807, 2.05) is 0 Å². The highest BCUT2D eigenvalue weighted by Crippen LogP contribution is 2.06. The molecule has 0 saturated heterocycles. The summed E-state index contributed by atoms with van der Waals surface area (Å²) in [6.45, 7) is 3.26. The maximum absolute atomic E-state index is 13.0.